The monoisotopic (exact) mass is 222 g/mol. The molecule has 6 N–H and O–H groups in total. The van der Waals surface area contributed by atoms with Gasteiger partial charge in [-0.2, -0.15) is 16.8 Å². The molecule has 0 aliphatic carbocycles. The maximum atomic E-state index is 9.37. The van der Waals surface area contributed by atoms with E-state index in [-0.39, 0.29) is 0 Å². The molecule has 0 heterocycles. The van der Waals surface area contributed by atoms with Gasteiger partial charge in [-0.05, 0) is 0 Å². The Kier molecular flexibility index (Phi) is 6.42. The van der Waals surface area contributed by atoms with E-state index in [1.807, 2.05) is 0 Å². The van der Waals surface area contributed by atoms with Crippen molar-refractivity contribution in [3.63, 3.8) is 0 Å². The molecule has 0 fully saturated rings. The van der Waals surface area contributed by atoms with Crippen molar-refractivity contribution in [2.45, 2.75) is 0 Å². The first-order valence-corrected chi connectivity index (χ1v) is 5.91. The molecule has 0 radical (unpaired) electrons. The normalized spacial score (nSPS) is 11.7. The van der Waals surface area contributed by atoms with Gasteiger partial charge in [-0.3, -0.25) is 9.11 Å². The van der Waals surface area contributed by atoms with Gasteiger partial charge in [-0.1, -0.05) is 0 Å². The number of nitrogens with two attached hydrogens (primary N) is 2. The van der Waals surface area contributed by atoms with Crippen LogP contribution >= 0.6 is 0 Å². The van der Waals surface area contributed by atoms with Gasteiger partial charge in [0.2, 0.25) is 0 Å². The molecule has 0 atom stereocenters. The van der Waals surface area contributed by atoms with Crippen LogP contribution in [0.1, 0.15) is 0 Å². The molecular weight excluding hydrogens is 212 g/mol. The molecule has 0 saturated heterocycles. The lowest BCUT2D eigenvalue weighted by Gasteiger charge is -1.84. The Bertz CT molecular complexity index is 258. The third-order valence-corrected chi connectivity index (χ3v) is 2.56. The summed E-state index contributed by atoms with van der Waals surface area (Å²) in [5.74, 6) is 0. The van der Waals surface area contributed by atoms with Crippen LogP contribution in [-0.4, -0.2) is 39.0 Å². The third kappa shape index (κ3) is 7.84. The van der Waals surface area contributed by atoms with Crippen LogP contribution in [0, 0.1) is 0 Å². The van der Waals surface area contributed by atoms with E-state index in [1.165, 1.54) is 0 Å². The number of rotatable bonds is 2. The summed E-state index contributed by atoms with van der Waals surface area (Å²) in [6.45, 7) is 1.19. The summed E-state index contributed by atoms with van der Waals surface area (Å²) in [5, 5.41) is 0. The van der Waals surface area contributed by atoms with Crippen LogP contribution in [0.3, 0.4) is 0 Å². The van der Waals surface area contributed by atoms with Crippen molar-refractivity contribution >= 4 is 18.3 Å². The first kappa shape index (κ1) is 14.3. The van der Waals surface area contributed by atoms with Gasteiger partial charge < -0.3 is 11.5 Å². The van der Waals surface area contributed by atoms with Crippen molar-refractivity contribution in [1.29, 1.82) is 0 Å². The maximum absolute atomic E-state index is 9.37. The predicted octanol–water partition coefficient (Wildman–Crippen LogP) is -2.42. The van der Waals surface area contributed by atoms with Crippen molar-refractivity contribution < 1.29 is 25.9 Å². The fourth-order valence-electron chi connectivity index (χ4n) is 0. The summed E-state index contributed by atoms with van der Waals surface area (Å²) in [6, 6.07) is 0. The highest BCUT2D eigenvalue weighted by molar-refractivity contribution is 8.62. The van der Waals surface area contributed by atoms with Crippen LogP contribution in [0.5, 0.6) is 0 Å². The van der Waals surface area contributed by atoms with Crippen molar-refractivity contribution in [1.82, 2.24) is 0 Å². The third-order valence-electron chi connectivity index (χ3n) is 0.433. The van der Waals surface area contributed by atoms with E-state index in [9.17, 15) is 16.8 Å². The van der Waals surface area contributed by atoms with Crippen LogP contribution in [0.2, 0.25) is 0 Å². The van der Waals surface area contributed by atoms with E-state index >= 15 is 0 Å². The van der Waals surface area contributed by atoms with Gasteiger partial charge in [0.05, 0.1) is 0 Å². The molecule has 0 aliphatic rings. The molecule has 0 bridgehead atoms. The average molecular weight is 222 g/mol. The van der Waals surface area contributed by atoms with E-state index in [0.29, 0.717) is 13.1 Å². The van der Waals surface area contributed by atoms with E-state index in [4.69, 9.17) is 20.6 Å². The van der Waals surface area contributed by atoms with Crippen LogP contribution in [0.4, 0.5) is 0 Å². The first-order chi connectivity index (χ1) is 5.16. The Morgan fingerprint density at radius 2 is 1.00 bits per heavy atom. The standard InChI is InChI=1S/C2H8N2.H2O6S2/c3-1-2-4;1-7(2,3)8(4,5)6/h1-4H2;(H,1,2,3)(H,4,5,6). The van der Waals surface area contributed by atoms with E-state index in [0.717, 1.165) is 0 Å². The highest BCUT2D eigenvalue weighted by Crippen LogP contribution is 1.90. The van der Waals surface area contributed by atoms with E-state index in [2.05, 4.69) is 0 Å². The highest BCUT2D eigenvalue weighted by Gasteiger charge is 2.22. The van der Waals surface area contributed by atoms with E-state index < -0.39 is 18.3 Å². The predicted molar refractivity (Wildman–Crippen MR) is 41.2 cm³/mol. The quantitative estimate of drug-likeness (QED) is 0.296. The molecule has 0 amide bonds. The second kappa shape index (κ2) is 5.40. The lowest BCUT2D eigenvalue weighted by Crippen LogP contribution is -2.11. The van der Waals surface area contributed by atoms with Gasteiger partial charge in [0.1, 0.15) is 0 Å². The highest BCUT2D eigenvalue weighted by atomic mass is 33.2. The Morgan fingerprint density at radius 1 is 0.833 bits per heavy atom. The van der Waals surface area contributed by atoms with Crippen molar-refractivity contribution in [2.75, 3.05) is 13.1 Å². The smallest absolute Gasteiger partial charge is 0.329 e. The zero-order chi connectivity index (χ0) is 10.4. The second-order valence-electron chi connectivity index (χ2n) is 1.43. The van der Waals surface area contributed by atoms with Crippen LogP contribution in [-0.2, 0) is 18.3 Å². The van der Waals surface area contributed by atoms with Gasteiger partial charge in [0.25, 0.3) is 0 Å². The minimum Gasteiger partial charge on any atom is -0.329 e. The van der Waals surface area contributed by atoms with Gasteiger partial charge in [0, 0.05) is 13.1 Å². The molecule has 0 aromatic carbocycles. The van der Waals surface area contributed by atoms with Crippen molar-refractivity contribution in [3.05, 3.63) is 0 Å². The minimum atomic E-state index is -5.31. The molecule has 0 aromatic heterocycles. The summed E-state index contributed by atoms with van der Waals surface area (Å²) in [7, 11) is -10.6. The molecule has 0 saturated carbocycles. The summed E-state index contributed by atoms with van der Waals surface area (Å²) in [5.41, 5.74) is 9.81. The van der Waals surface area contributed by atoms with Gasteiger partial charge in [0.15, 0.2) is 0 Å². The van der Waals surface area contributed by atoms with E-state index in [1.54, 1.807) is 0 Å². The number of hydrogen-bond donors (Lipinski definition) is 4. The van der Waals surface area contributed by atoms with Crippen LogP contribution in [0.15, 0.2) is 0 Å². The first-order valence-electron chi connectivity index (χ1n) is 2.51. The molecule has 0 unspecified atom stereocenters. The zero-order valence-electron chi connectivity index (χ0n) is 5.91. The molecule has 0 aliphatic heterocycles. The molecule has 0 rings (SSSR count). The summed E-state index contributed by atoms with van der Waals surface area (Å²) in [6.07, 6.45) is 0. The molecule has 76 valence electrons. The SMILES string of the molecule is NCCN.O=S(=O)(O)S(=O)(=O)O. The summed E-state index contributed by atoms with van der Waals surface area (Å²) in [4.78, 5) is 0. The maximum Gasteiger partial charge on any atom is 0.397 e. The zero-order valence-corrected chi connectivity index (χ0v) is 7.55. The fraction of sp³-hybridized carbons (Fsp3) is 1.00. The van der Waals surface area contributed by atoms with Gasteiger partial charge in [-0.15, -0.1) is 0 Å². The molecular formula is C2H10N2O6S2. The van der Waals surface area contributed by atoms with Crippen LogP contribution < -0.4 is 11.5 Å². The van der Waals surface area contributed by atoms with Crippen molar-refractivity contribution in [3.8, 4) is 0 Å². The molecule has 8 nitrogen and oxygen atoms in total. The largest absolute Gasteiger partial charge is 0.397 e. The number of hydrogen-bond acceptors (Lipinski definition) is 6. The molecule has 0 aromatic rings. The van der Waals surface area contributed by atoms with Gasteiger partial charge in [-0.25, -0.2) is 0 Å². The Balaban J connectivity index is 0. The Labute approximate surface area is 69.4 Å². The van der Waals surface area contributed by atoms with Crippen LogP contribution in [0.25, 0.3) is 0 Å². The second-order valence-corrected chi connectivity index (χ2v) is 5.67. The topological polar surface area (TPSA) is 161 Å². The molecule has 10 heteroatoms. The Hall–Kier alpha value is -0.260. The van der Waals surface area contributed by atoms with Gasteiger partial charge >= 0.3 is 18.3 Å². The summed E-state index contributed by atoms with van der Waals surface area (Å²) >= 11 is 0. The molecule has 0 spiro atoms. The average Bonchev–Trinajstić information content (AvgIpc) is 1.84. The molecule has 12 heavy (non-hydrogen) atoms. The lowest BCUT2D eigenvalue weighted by molar-refractivity contribution is 0.460. The lowest BCUT2D eigenvalue weighted by atomic mass is 10.7. The van der Waals surface area contributed by atoms with Crippen molar-refractivity contribution in [2.24, 2.45) is 11.5 Å². The fourth-order valence-corrected chi connectivity index (χ4v) is 0. The Morgan fingerprint density at radius 3 is 1.00 bits per heavy atom. The minimum absolute atomic E-state index is 0.597. The summed E-state index contributed by atoms with van der Waals surface area (Å²) < 4.78 is 52.5.